The molecule has 0 saturated carbocycles. The van der Waals surface area contributed by atoms with Crippen LogP contribution in [-0.2, 0) is 9.53 Å². The SMILES string of the molecule is O=C(CCC1CCCO1)CC1CCNCC1. The Labute approximate surface area is 97.9 Å². The van der Waals surface area contributed by atoms with Gasteiger partial charge in [0.05, 0.1) is 6.10 Å². The first-order chi connectivity index (χ1) is 7.84. The summed E-state index contributed by atoms with van der Waals surface area (Å²) in [5.41, 5.74) is 0. The van der Waals surface area contributed by atoms with Gasteiger partial charge >= 0.3 is 0 Å². The molecule has 0 aromatic rings. The Morgan fingerprint density at radius 3 is 2.75 bits per heavy atom. The Hall–Kier alpha value is -0.410. The predicted octanol–water partition coefficient (Wildman–Crippen LogP) is 1.90. The number of piperidine rings is 1. The van der Waals surface area contributed by atoms with E-state index in [1.807, 2.05) is 0 Å². The molecule has 0 aliphatic carbocycles. The maximum absolute atomic E-state index is 11.8. The van der Waals surface area contributed by atoms with Crippen molar-refractivity contribution >= 4 is 5.78 Å². The zero-order valence-electron chi connectivity index (χ0n) is 10.0. The first kappa shape index (κ1) is 12.1. The van der Waals surface area contributed by atoms with Crippen molar-refractivity contribution < 1.29 is 9.53 Å². The molecule has 1 N–H and O–H groups in total. The average molecular weight is 225 g/mol. The topological polar surface area (TPSA) is 38.3 Å². The lowest BCUT2D eigenvalue weighted by molar-refractivity contribution is -0.120. The number of hydrogen-bond donors (Lipinski definition) is 1. The van der Waals surface area contributed by atoms with E-state index in [0.717, 1.165) is 45.4 Å². The molecule has 0 aromatic heterocycles. The van der Waals surface area contributed by atoms with E-state index in [1.165, 1.54) is 19.3 Å². The van der Waals surface area contributed by atoms with E-state index in [4.69, 9.17) is 4.74 Å². The Morgan fingerprint density at radius 2 is 2.06 bits per heavy atom. The van der Waals surface area contributed by atoms with Crippen molar-refractivity contribution in [1.29, 1.82) is 0 Å². The van der Waals surface area contributed by atoms with Crippen LogP contribution in [0.2, 0.25) is 0 Å². The highest BCUT2D eigenvalue weighted by Crippen LogP contribution is 2.20. The van der Waals surface area contributed by atoms with Gasteiger partial charge in [0.25, 0.3) is 0 Å². The Bertz CT molecular complexity index is 218. The number of hydrogen-bond acceptors (Lipinski definition) is 3. The standard InChI is InChI=1S/C13H23NO2/c15-12(3-4-13-2-1-9-16-13)10-11-5-7-14-8-6-11/h11,13-14H,1-10H2. The maximum atomic E-state index is 11.8. The molecule has 2 saturated heterocycles. The van der Waals surface area contributed by atoms with Crippen LogP contribution in [0.4, 0.5) is 0 Å². The summed E-state index contributed by atoms with van der Waals surface area (Å²) in [6.45, 7) is 3.07. The zero-order valence-corrected chi connectivity index (χ0v) is 10.0. The van der Waals surface area contributed by atoms with Crippen LogP contribution in [0, 0.1) is 5.92 Å². The molecule has 2 aliphatic heterocycles. The van der Waals surface area contributed by atoms with E-state index >= 15 is 0 Å². The molecule has 2 rings (SSSR count). The fourth-order valence-electron chi connectivity index (χ4n) is 2.70. The van der Waals surface area contributed by atoms with Crippen LogP contribution in [0.25, 0.3) is 0 Å². The number of ketones is 1. The van der Waals surface area contributed by atoms with Crippen molar-refractivity contribution in [1.82, 2.24) is 5.32 Å². The van der Waals surface area contributed by atoms with Crippen LogP contribution in [0.5, 0.6) is 0 Å². The normalized spacial score (nSPS) is 27.1. The molecule has 3 nitrogen and oxygen atoms in total. The first-order valence-electron chi connectivity index (χ1n) is 6.68. The van der Waals surface area contributed by atoms with Gasteiger partial charge in [-0.15, -0.1) is 0 Å². The minimum absolute atomic E-state index is 0.372. The summed E-state index contributed by atoms with van der Waals surface area (Å²) in [5.74, 6) is 1.08. The molecule has 92 valence electrons. The minimum Gasteiger partial charge on any atom is -0.378 e. The summed E-state index contributed by atoms with van der Waals surface area (Å²) < 4.78 is 5.53. The van der Waals surface area contributed by atoms with E-state index < -0.39 is 0 Å². The largest absolute Gasteiger partial charge is 0.378 e. The van der Waals surface area contributed by atoms with Gasteiger partial charge in [-0.3, -0.25) is 4.79 Å². The second kappa shape index (κ2) is 6.36. The lowest BCUT2D eigenvalue weighted by atomic mass is 9.91. The summed E-state index contributed by atoms with van der Waals surface area (Å²) in [5, 5.41) is 3.33. The minimum atomic E-state index is 0.372. The summed E-state index contributed by atoms with van der Waals surface area (Å²) in [4.78, 5) is 11.8. The van der Waals surface area contributed by atoms with Crippen molar-refractivity contribution in [2.75, 3.05) is 19.7 Å². The second-order valence-corrected chi connectivity index (χ2v) is 5.11. The summed E-state index contributed by atoms with van der Waals surface area (Å²) in [6, 6.07) is 0. The molecule has 0 radical (unpaired) electrons. The van der Waals surface area contributed by atoms with E-state index in [-0.39, 0.29) is 0 Å². The number of nitrogens with one attached hydrogen (secondary N) is 1. The Morgan fingerprint density at radius 1 is 1.25 bits per heavy atom. The van der Waals surface area contributed by atoms with Crippen molar-refractivity contribution in [3.05, 3.63) is 0 Å². The highest BCUT2D eigenvalue weighted by molar-refractivity contribution is 5.78. The quantitative estimate of drug-likeness (QED) is 0.776. The van der Waals surface area contributed by atoms with E-state index in [1.54, 1.807) is 0 Å². The molecule has 1 unspecified atom stereocenters. The molecule has 0 bridgehead atoms. The molecule has 1 atom stereocenters. The third-order valence-corrected chi connectivity index (χ3v) is 3.74. The smallest absolute Gasteiger partial charge is 0.133 e. The van der Waals surface area contributed by atoms with E-state index in [0.29, 0.717) is 17.8 Å². The number of ether oxygens (including phenoxy) is 1. The van der Waals surface area contributed by atoms with Gasteiger partial charge in [-0.25, -0.2) is 0 Å². The highest BCUT2D eigenvalue weighted by Gasteiger charge is 2.19. The lowest BCUT2D eigenvalue weighted by Crippen LogP contribution is -2.29. The summed E-state index contributed by atoms with van der Waals surface area (Å²) >= 11 is 0. The Kier molecular flexibility index (Phi) is 4.79. The fraction of sp³-hybridized carbons (Fsp3) is 0.923. The fourth-order valence-corrected chi connectivity index (χ4v) is 2.70. The molecular weight excluding hydrogens is 202 g/mol. The maximum Gasteiger partial charge on any atom is 0.133 e. The number of carbonyl (C=O) groups is 1. The average Bonchev–Trinajstić information content (AvgIpc) is 2.81. The first-order valence-corrected chi connectivity index (χ1v) is 6.68. The molecule has 2 aliphatic rings. The molecule has 3 heteroatoms. The highest BCUT2D eigenvalue weighted by atomic mass is 16.5. The molecule has 2 fully saturated rings. The van der Waals surface area contributed by atoms with Gasteiger partial charge in [0.15, 0.2) is 0 Å². The van der Waals surface area contributed by atoms with Crippen molar-refractivity contribution in [2.24, 2.45) is 5.92 Å². The van der Waals surface area contributed by atoms with Crippen LogP contribution < -0.4 is 5.32 Å². The van der Waals surface area contributed by atoms with Crippen LogP contribution in [0.1, 0.15) is 44.9 Å². The number of carbonyl (C=O) groups excluding carboxylic acids is 1. The van der Waals surface area contributed by atoms with E-state index in [9.17, 15) is 4.79 Å². The third-order valence-electron chi connectivity index (χ3n) is 3.74. The predicted molar refractivity (Wildman–Crippen MR) is 63.4 cm³/mol. The molecule has 0 amide bonds. The molecule has 0 spiro atoms. The lowest BCUT2D eigenvalue weighted by Gasteiger charge is -2.21. The second-order valence-electron chi connectivity index (χ2n) is 5.11. The van der Waals surface area contributed by atoms with Gasteiger partial charge in [-0.2, -0.15) is 0 Å². The van der Waals surface area contributed by atoms with Crippen molar-refractivity contribution in [3.63, 3.8) is 0 Å². The summed E-state index contributed by atoms with van der Waals surface area (Å²) in [7, 11) is 0. The van der Waals surface area contributed by atoms with Crippen LogP contribution in [0.15, 0.2) is 0 Å². The zero-order chi connectivity index (χ0) is 11.2. The molecule has 16 heavy (non-hydrogen) atoms. The van der Waals surface area contributed by atoms with Gasteiger partial charge in [0, 0.05) is 19.4 Å². The number of rotatable bonds is 5. The van der Waals surface area contributed by atoms with Crippen molar-refractivity contribution in [2.45, 2.75) is 51.0 Å². The molecule has 0 aromatic carbocycles. The molecular formula is C13H23NO2. The van der Waals surface area contributed by atoms with Gasteiger partial charge < -0.3 is 10.1 Å². The monoisotopic (exact) mass is 225 g/mol. The third kappa shape index (κ3) is 3.87. The van der Waals surface area contributed by atoms with Crippen molar-refractivity contribution in [3.8, 4) is 0 Å². The van der Waals surface area contributed by atoms with Gasteiger partial charge in [0.2, 0.25) is 0 Å². The van der Waals surface area contributed by atoms with Crippen LogP contribution in [-0.4, -0.2) is 31.6 Å². The van der Waals surface area contributed by atoms with Crippen LogP contribution in [0.3, 0.4) is 0 Å². The van der Waals surface area contributed by atoms with Gasteiger partial charge in [-0.1, -0.05) is 0 Å². The summed E-state index contributed by atoms with van der Waals surface area (Å²) in [6.07, 6.45) is 7.52. The van der Waals surface area contributed by atoms with Gasteiger partial charge in [-0.05, 0) is 51.1 Å². The number of Topliss-reactive ketones (excluding diaryl/α,β-unsaturated/α-hetero) is 1. The van der Waals surface area contributed by atoms with Gasteiger partial charge in [0.1, 0.15) is 5.78 Å². The van der Waals surface area contributed by atoms with Crippen LogP contribution >= 0.6 is 0 Å². The van der Waals surface area contributed by atoms with E-state index in [2.05, 4.69) is 5.32 Å². The Balaban J connectivity index is 1.59. The molecule has 2 heterocycles.